The predicted octanol–water partition coefficient (Wildman–Crippen LogP) is 8.91. The molecule has 1 aliphatic heterocycles. The first-order valence-electron chi connectivity index (χ1n) is 18.7. The van der Waals surface area contributed by atoms with Crippen molar-refractivity contribution in [1.29, 1.82) is 0 Å². The van der Waals surface area contributed by atoms with Gasteiger partial charge in [-0.05, 0) is 106 Å². The van der Waals surface area contributed by atoms with Crippen LogP contribution in [-0.2, 0) is 12.1 Å². The Morgan fingerprint density at radius 1 is 0.843 bits per heavy atom. The van der Waals surface area contributed by atoms with Crippen LogP contribution in [0.3, 0.4) is 0 Å². The summed E-state index contributed by atoms with van der Waals surface area (Å²) in [4.78, 5) is 35.1. The molecule has 1 heterocycles. The van der Waals surface area contributed by atoms with Crippen LogP contribution < -0.4 is 10.2 Å². The Balaban J connectivity index is 1.25. The third-order valence-corrected chi connectivity index (χ3v) is 12.9. The molecule has 1 spiro atoms. The molecule has 3 fully saturated rings. The van der Waals surface area contributed by atoms with Crippen LogP contribution >= 0.6 is 0 Å². The van der Waals surface area contributed by atoms with Crippen molar-refractivity contribution in [3.63, 3.8) is 0 Å². The van der Waals surface area contributed by atoms with Gasteiger partial charge in [0.15, 0.2) is 0 Å². The van der Waals surface area contributed by atoms with Crippen LogP contribution in [0.2, 0.25) is 0 Å². The van der Waals surface area contributed by atoms with E-state index in [2.05, 4.69) is 97.5 Å². The monoisotopic (exact) mass is 684 g/mol. The van der Waals surface area contributed by atoms with Crippen LogP contribution in [0.1, 0.15) is 92.3 Å². The number of aliphatic hydroxyl groups is 1. The number of aryl methyl sites for hydroxylation is 1. The fraction of sp³-hybridized carbons (Fsp3) is 0.409. The van der Waals surface area contributed by atoms with Crippen molar-refractivity contribution >= 4 is 23.3 Å². The van der Waals surface area contributed by atoms with E-state index in [9.17, 15) is 9.90 Å². The maximum atomic E-state index is 15.0. The SMILES string of the molecule is CCC(C)(N1C(=O)N(Cc2ccccc2C(=O)Nc2ccccc2)CC12CCC(c1ccccc1)(N(C)c1ccccc1C)CC2)C1(O)CCC1. The summed E-state index contributed by atoms with van der Waals surface area (Å²) in [7, 11) is 2.22. The number of hydrogen-bond acceptors (Lipinski definition) is 4. The number of para-hydroxylation sites is 2. The summed E-state index contributed by atoms with van der Waals surface area (Å²) in [5.41, 5.74) is 3.44. The van der Waals surface area contributed by atoms with Crippen LogP contribution in [0.15, 0.2) is 109 Å². The first-order valence-corrected chi connectivity index (χ1v) is 18.7. The van der Waals surface area contributed by atoms with Gasteiger partial charge in [-0.2, -0.15) is 0 Å². The number of anilines is 2. The first-order chi connectivity index (χ1) is 24.6. The Morgan fingerprint density at radius 2 is 1.45 bits per heavy atom. The third kappa shape index (κ3) is 5.89. The molecule has 51 heavy (non-hydrogen) atoms. The van der Waals surface area contributed by atoms with E-state index >= 15 is 4.79 Å². The standard InChI is InChI=1S/C44H52N4O3/c1-5-41(3,44(51)25-16-26-44)48-40(50)47(31-34-18-13-14-23-37(34)39(49)45-36-21-10-7-11-22-36)32-42(48)27-29-43(30-28-42,35-19-8-6-9-20-35)46(4)38-24-15-12-17-33(38)2/h6-15,17-24,51H,5,16,25-32H2,1-4H3,(H,45,49). The highest BCUT2D eigenvalue weighted by molar-refractivity contribution is 6.05. The normalized spacial score (nSPS) is 23.8. The van der Waals surface area contributed by atoms with E-state index in [1.807, 2.05) is 59.5 Å². The lowest BCUT2D eigenvalue weighted by atomic mass is 9.62. The van der Waals surface area contributed by atoms with E-state index in [1.54, 1.807) is 0 Å². The quantitative estimate of drug-likeness (QED) is 0.175. The predicted molar refractivity (Wildman–Crippen MR) is 205 cm³/mol. The van der Waals surface area contributed by atoms with Gasteiger partial charge < -0.3 is 25.1 Å². The molecule has 3 aliphatic rings. The number of carbonyl (C=O) groups is 2. The highest BCUT2D eigenvalue weighted by atomic mass is 16.3. The second-order valence-corrected chi connectivity index (χ2v) is 15.4. The number of urea groups is 1. The third-order valence-electron chi connectivity index (χ3n) is 12.9. The van der Waals surface area contributed by atoms with Crippen LogP contribution in [-0.4, -0.2) is 57.1 Å². The number of nitrogens with one attached hydrogen (secondary N) is 1. The molecule has 7 rings (SSSR count). The molecule has 7 nitrogen and oxygen atoms in total. The van der Waals surface area contributed by atoms with Gasteiger partial charge in [0.1, 0.15) is 0 Å². The van der Waals surface area contributed by atoms with Crippen molar-refractivity contribution < 1.29 is 14.7 Å². The van der Waals surface area contributed by atoms with Crippen LogP contribution in [0.25, 0.3) is 0 Å². The van der Waals surface area contributed by atoms with E-state index in [0.29, 0.717) is 37.9 Å². The molecule has 1 saturated heterocycles. The molecule has 1 unspecified atom stereocenters. The van der Waals surface area contributed by atoms with Crippen molar-refractivity contribution in [2.24, 2.45) is 0 Å². The molecule has 266 valence electrons. The second-order valence-electron chi connectivity index (χ2n) is 15.4. The maximum Gasteiger partial charge on any atom is 0.321 e. The largest absolute Gasteiger partial charge is 0.387 e. The zero-order valence-corrected chi connectivity index (χ0v) is 30.6. The summed E-state index contributed by atoms with van der Waals surface area (Å²) in [6.45, 7) is 7.28. The highest BCUT2D eigenvalue weighted by Crippen LogP contribution is 2.56. The molecule has 4 aromatic carbocycles. The number of amides is 3. The molecule has 3 amide bonds. The molecule has 2 saturated carbocycles. The van der Waals surface area contributed by atoms with Gasteiger partial charge in [-0.3, -0.25) is 4.79 Å². The molecule has 2 aliphatic carbocycles. The van der Waals surface area contributed by atoms with Gasteiger partial charge in [0.2, 0.25) is 0 Å². The fourth-order valence-electron chi connectivity index (χ4n) is 9.49. The van der Waals surface area contributed by atoms with Gasteiger partial charge in [-0.25, -0.2) is 4.79 Å². The number of carbonyl (C=O) groups excluding carboxylic acids is 2. The average Bonchev–Trinajstić information content (AvgIpc) is 3.41. The Kier molecular flexibility index (Phi) is 9.21. The topological polar surface area (TPSA) is 76.1 Å². The van der Waals surface area contributed by atoms with Gasteiger partial charge in [0, 0.05) is 37.1 Å². The Morgan fingerprint density at radius 3 is 2.08 bits per heavy atom. The van der Waals surface area contributed by atoms with Gasteiger partial charge in [-0.1, -0.05) is 91.9 Å². The fourth-order valence-corrected chi connectivity index (χ4v) is 9.49. The Bertz CT molecular complexity index is 1870. The van der Waals surface area contributed by atoms with Gasteiger partial charge in [0.05, 0.1) is 22.2 Å². The van der Waals surface area contributed by atoms with E-state index in [0.717, 1.165) is 43.4 Å². The summed E-state index contributed by atoms with van der Waals surface area (Å²) < 4.78 is 0. The van der Waals surface area contributed by atoms with Crippen molar-refractivity contribution in [2.75, 3.05) is 23.8 Å². The lowest BCUT2D eigenvalue weighted by Crippen LogP contribution is -2.71. The average molecular weight is 685 g/mol. The summed E-state index contributed by atoms with van der Waals surface area (Å²) in [6, 6.07) is 36.5. The van der Waals surface area contributed by atoms with Crippen LogP contribution in [0.4, 0.5) is 16.2 Å². The van der Waals surface area contributed by atoms with E-state index in [4.69, 9.17) is 0 Å². The van der Waals surface area contributed by atoms with Crippen LogP contribution in [0.5, 0.6) is 0 Å². The van der Waals surface area contributed by atoms with E-state index in [1.165, 1.54) is 16.8 Å². The molecule has 0 radical (unpaired) electrons. The van der Waals surface area contributed by atoms with Crippen LogP contribution in [0, 0.1) is 6.92 Å². The molecule has 1 atom stereocenters. The maximum absolute atomic E-state index is 15.0. The van der Waals surface area contributed by atoms with Crippen molar-refractivity contribution in [3.8, 4) is 0 Å². The molecular weight excluding hydrogens is 633 g/mol. The summed E-state index contributed by atoms with van der Waals surface area (Å²) >= 11 is 0. The van der Waals surface area contributed by atoms with Crippen molar-refractivity contribution in [1.82, 2.24) is 9.80 Å². The first kappa shape index (κ1) is 34.8. The molecule has 0 aromatic heterocycles. The number of hydrogen-bond donors (Lipinski definition) is 2. The number of rotatable bonds is 10. The number of nitrogens with zero attached hydrogens (tertiary/aromatic N) is 3. The van der Waals surface area contributed by atoms with Gasteiger partial charge in [-0.15, -0.1) is 0 Å². The Labute approximate surface area is 303 Å². The van der Waals surface area contributed by atoms with Gasteiger partial charge >= 0.3 is 6.03 Å². The lowest BCUT2D eigenvalue weighted by molar-refractivity contribution is -0.161. The van der Waals surface area contributed by atoms with Gasteiger partial charge in [0.25, 0.3) is 5.91 Å². The summed E-state index contributed by atoms with van der Waals surface area (Å²) in [6.07, 6.45) is 6.32. The zero-order valence-electron chi connectivity index (χ0n) is 30.6. The molecule has 0 bridgehead atoms. The minimum absolute atomic E-state index is 0.0441. The lowest BCUT2D eigenvalue weighted by Gasteiger charge is -2.61. The van der Waals surface area contributed by atoms with Crippen molar-refractivity contribution in [3.05, 3.63) is 131 Å². The number of benzene rings is 4. The summed E-state index contributed by atoms with van der Waals surface area (Å²) in [5, 5.41) is 15.2. The van der Waals surface area contributed by atoms with Crippen molar-refractivity contribution in [2.45, 2.75) is 101 Å². The smallest absolute Gasteiger partial charge is 0.321 e. The Hall–Kier alpha value is -4.62. The minimum atomic E-state index is -0.931. The molecule has 7 heteroatoms. The minimum Gasteiger partial charge on any atom is -0.387 e. The molecular formula is C44H52N4O3. The van der Waals surface area contributed by atoms with E-state index in [-0.39, 0.29) is 17.5 Å². The molecule has 4 aromatic rings. The van der Waals surface area contributed by atoms with E-state index < -0.39 is 16.7 Å². The zero-order chi connectivity index (χ0) is 35.9. The second kappa shape index (κ2) is 13.5. The molecule has 2 N–H and O–H groups in total. The summed E-state index contributed by atoms with van der Waals surface area (Å²) in [5.74, 6) is -0.193. The highest BCUT2D eigenvalue weighted by Gasteiger charge is 2.64.